The lowest BCUT2D eigenvalue weighted by Gasteiger charge is -2.13. The highest BCUT2D eigenvalue weighted by Gasteiger charge is 2.23. The van der Waals surface area contributed by atoms with Crippen LogP contribution in [-0.4, -0.2) is 26.6 Å². The minimum atomic E-state index is -4.20. The smallest absolute Gasteiger partial charge is 0.338 e. The second kappa shape index (κ2) is 6.54. The molecule has 10 heteroatoms. The summed E-state index contributed by atoms with van der Waals surface area (Å²) in [6.45, 7) is 0. The Kier molecular flexibility index (Phi) is 4.55. The van der Waals surface area contributed by atoms with Gasteiger partial charge in [-0.25, -0.2) is 22.0 Å². The van der Waals surface area contributed by atoms with Crippen LogP contribution in [0.25, 0.3) is 10.1 Å². The number of ether oxygens (including phenoxy) is 1. The first-order chi connectivity index (χ1) is 12.2. The van der Waals surface area contributed by atoms with Crippen molar-refractivity contribution >= 4 is 43.1 Å². The van der Waals surface area contributed by atoms with Crippen LogP contribution in [0.3, 0.4) is 0 Å². The van der Waals surface area contributed by atoms with E-state index in [9.17, 15) is 22.0 Å². The van der Waals surface area contributed by atoms with Crippen molar-refractivity contribution in [3.63, 3.8) is 0 Å². The van der Waals surface area contributed by atoms with E-state index in [1.54, 1.807) is 0 Å². The highest BCUT2D eigenvalue weighted by atomic mass is 32.2. The molecule has 0 bridgehead atoms. The molecular weight excluding hydrogens is 388 g/mol. The summed E-state index contributed by atoms with van der Waals surface area (Å²) in [5, 5.41) is 10.5. The van der Waals surface area contributed by atoms with Crippen LogP contribution in [0.4, 0.5) is 14.5 Å². The first-order valence-electron chi connectivity index (χ1n) is 7.03. The number of carboxylic acid groups (broad SMARTS) is 1. The van der Waals surface area contributed by atoms with E-state index in [1.807, 2.05) is 0 Å². The lowest BCUT2D eigenvalue weighted by atomic mass is 10.2. The summed E-state index contributed by atoms with van der Waals surface area (Å²) in [6.07, 6.45) is 0. The summed E-state index contributed by atoms with van der Waals surface area (Å²) >= 11 is 1.11. The number of halogens is 2. The van der Waals surface area contributed by atoms with Gasteiger partial charge in [-0.2, -0.15) is 0 Å². The Morgan fingerprint density at radius 2 is 1.96 bits per heavy atom. The van der Waals surface area contributed by atoms with Crippen molar-refractivity contribution in [1.29, 1.82) is 0 Å². The molecule has 26 heavy (non-hydrogen) atoms. The molecule has 136 valence electrons. The van der Waals surface area contributed by atoms with Crippen LogP contribution in [0, 0.1) is 11.6 Å². The molecule has 2 aromatic carbocycles. The number of benzene rings is 2. The molecule has 0 spiro atoms. The van der Waals surface area contributed by atoms with E-state index in [2.05, 4.69) is 4.72 Å². The van der Waals surface area contributed by atoms with E-state index in [1.165, 1.54) is 24.6 Å². The number of sulfonamides is 1. The molecule has 3 rings (SSSR count). The minimum Gasteiger partial charge on any atom is -0.495 e. The quantitative estimate of drug-likeness (QED) is 0.683. The maximum Gasteiger partial charge on any atom is 0.338 e. The number of anilines is 1. The van der Waals surface area contributed by atoms with Crippen molar-refractivity contribution in [3.8, 4) is 5.75 Å². The molecule has 0 amide bonds. The van der Waals surface area contributed by atoms with Gasteiger partial charge in [0.15, 0.2) is 0 Å². The fourth-order valence-electron chi connectivity index (χ4n) is 2.35. The molecule has 0 saturated carbocycles. The number of rotatable bonds is 5. The number of nitrogens with one attached hydrogen (secondary N) is 1. The zero-order valence-electron chi connectivity index (χ0n) is 13.1. The Morgan fingerprint density at radius 3 is 2.62 bits per heavy atom. The van der Waals surface area contributed by atoms with E-state index in [-0.39, 0.29) is 21.7 Å². The summed E-state index contributed by atoms with van der Waals surface area (Å²) in [6, 6.07) is 5.35. The molecule has 0 fully saturated rings. The Bertz CT molecular complexity index is 1130. The molecule has 0 aliphatic heterocycles. The molecule has 1 heterocycles. The van der Waals surface area contributed by atoms with Crippen molar-refractivity contribution < 1.29 is 31.8 Å². The Morgan fingerprint density at radius 1 is 1.23 bits per heavy atom. The van der Waals surface area contributed by atoms with Gasteiger partial charge in [-0.1, -0.05) is 0 Å². The molecule has 0 atom stereocenters. The van der Waals surface area contributed by atoms with Gasteiger partial charge in [0.2, 0.25) is 0 Å². The summed E-state index contributed by atoms with van der Waals surface area (Å²) < 4.78 is 60.4. The van der Waals surface area contributed by atoms with E-state index in [4.69, 9.17) is 9.84 Å². The van der Waals surface area contributed by atoms with Gasteiger partial charge in [-0.3, -0.25) is 4.72 Å². The van der Waals surface area contributed by atoms with Crippen LogP contribution in [0.15, 0.2) is 40.6 Å². The van der Waals surface area contributed by atoms with Crippen LogP contribution >= 0.6 is 11.3 Å². The number of carbonyl (C=O) groups is 1. The third-order valence-electron chi connectivity index (χ3n) is 3.55. The highest BCUT2D eigenvalue weighted by Crippen LogP contribution is 2.34. The van der Waals surface area contributed by atoms with Gasteiger partial charge in [-0.05, 0) is 24.3 Å². The highest BCUT2D eigenvalue weighted by molar-refractivity contribution is 7.93. The first-order valence-corrected chi connectivity index (χ1v) is 9.39. The Hall–Kier alpha value is -2.72. The molecule has 3 aromatic rings. The van der Waals surface area contributed by atoms with Crippen LogP contribution < -0.4 is 9.46 Å². The van der Waals surface area contributed by atoms with Crippen molar-refractivity contribution in [2.45, 2.75) is 4.90 Å². The van der Waals surface area contributed by atoms with E-state index < -0.39 is 33.2 Å². The number of fused-ring (bicyclic) bond motifs is 1. The van der Waals surface area contributed by atoms with Crippen LogP contribution in [0.1, 0.15) is 10.4 Å². The predicted molar refractivity (Wildman–Crippen MR) is 92.5 cm³/mol. The maximum atomic E-state index is 13.9. The normalized spacial score (nSPS) is 11.5. The monoisotopic (exact) mass is 399 g/mol. The van der Waals surface area contributed by atoms with E-state index in [0.717, 1.165) is 29.5 Å². The molecule has 0 radical (unpaired) electrons. The fourth-order valence-corrected chi connectivity index (χ4v) is 4.89. The molecular formula is C16H11F2NO5S2. The number of hydrogen-bond acceptors (Lipinski definition) is 5. The third kappa shape index (κ3) is 3.20. The van der Waals surface area contributed by atoms with Crippen LogP contribution in [0.2, 0.25) is 0 Å². The molecule has 0 aliphatic rings. The number of carboxylic acids is 1. The van der Waals surface area contributed by atoms with Crippen molar-refractivity contribution in [2.75, 3.05) is 11.8 Å². The molecule has 0 unspecified atom stereocenters. The van der Waals surface area contributed by atoms with E-state index >= 15 is 0 Å². The zero-order chi connectivity index (χ0) is 19.1. The molecule has 2 N–H and O–H groups in total. The molecule has 0 saturated heterocycles. The maximum absolute atomic E-state index is 13.9. The van der Waals surface area contributed by atoms with Crippen molar-refractivity contribution in [1.82, 2.24) is 0 Å². The Balaban J connectivity index is 2.08. The van der Waals surface area contributed by atoms with Gasteiger partial charge in [-0.15, -0.1) is 11.3 Å². The second-order valence-corrected chi connectivity index (χ2v) is 7.75. The summed E-state index contributed by atoms with van der Waals surface area (Å²) in [5.74, 6) is -3.41. The molecule has 0 aliphatic carbocycles. The number of hydrogen-bond donors (Lipinski definition) is 2. The number of methoxy groups -OCH3 is 1. The van der Waals surface area contributed by atoms with Crippen LogP contribution in [-0.2, 0) is 10.0 Å². The number of aromatic carboxylic acids is 1. The van der Waals surface area contributed by atoms with Crippen LogP contribution in [0.5, 0.6) is 5.75 Å². The lowest BCUT2D eigenvalue weighted by molar-refractivity contribution is 0.0691. The summed E-state index contributed by atoms with van der Waals surface area (Å²) in [7, 11) is -3.01. The van der Waals surface area contributed by atoms with Gasteiger partial charge < -0.3 is 9.84 Å². The third-order valence-corrected chi connectivity index (χ3v) is 6.07. The van der Waals surface area contributed by atoms with E-state index in [0.29, 0.717) is 4.70 Å². The Labute approximate surface area is 150 Å². The topological polar surface area (TPSA) is 92.7 Å². The fraction of sp³-hybridized carbons (Fsp3) is 0.0625. The predicted octanol–water partition coefficient (Wildman–Crippen LogP) is 3.69. The summed E-state index contributed by atoms with van der Waals surface area (Å²) in [4.78, 5) is 10.8. The largest absolute Gasteiger partial charge is 0.495 e. The SMILES string of the molecule is COc1cc(C(=O)O)c(F)cc1NS(=O)(=O)c1csc2ccc(F)cc12. The molecule has 6 nitrogen and oxygen atoms in total. The van der Waals surface area contributed by atoms with Gasteiger partial charge in [0.1, 0.15) is 22.3 Å². The van der Waals surface area contributed by atoms with Gasteiger partial charge in [0.05, 0.1) is 18.4 Å². The van der Waals surface area contributed by atoms with Crippen molar-refractivity contribution in [2.24, 2.45) is 0 Å². The average Bonchev–Trinajstić information content (AvgIpc) is 2.98. The zero-order valence-corrected chi connectivity index (χ0v) is 14.7. The average molecular weight is 399 g/mol. The second-order valence-electron chi connectivity index (χ2n) is 5.18. The van der Waals surface area contributed by atoms with Crippen molar-refractivity contribution in [3.05, 3.63) is 52.9 Å². The van der Waals surface area contributed by atoms with Gasteiger partial charge in [0.25, 0.3) is 10.0 Å². The van der Waals surface area contributed by atoms with Gasteiger partial charge >= 0.3 is 5.97 Å². The minimum absolute atomic E-state index is 0.168. The standard InChI is InChI=1S/C16H11F2NO5S2/c1-24-13-5-9(16(20)21)11(18)6-12(13)19-26(22,23)15-7-25-14-3-2-8(17)4-10(14)15/h2-7,19H,1H3,(H,20,21). The first kappa shape index (κ1) is 18.1. The lowest BCUT2D eigenvalue weighted by Crippen LogP contribution is -2.14. The van der Waals surface area contributed by atoms with Gasteiger partial charge in [0, 0.05) is 21.5 Å². The summed E-state index contributed by atoms with van der Waals surface area (Å²) in [5.41, 5.74) is -0.932. The molecule has 1 aromatic heterocycles. The number of thiophene rings is 1.